The Morgan fingerprint density at radius 1 is 1.42 bits per heavy atom. The van der Waals surface area contributed by atoms with Crippen molar-refractivity contribution in [1.29, 1.82) is 0 Å². The smallest absolute Gasteiger partial charge is 0.241 e. The molecular formula is C12H15N3O2S2. The van der Waals surface area contributed by atoms with Crippen LogP contribution in [0.5, 0.6) is 0 Å². The maximum Gasteiger partial charge on any atom is 0.241 e. The number of nitrogens with two attached hydrogens (primary N) is 1. The fraction of sp³-hybridized carbons (Fsp3) is 0.250. The summed E-state index contributed by atoms with van der Waals surface area (Å²) in [4.78, 5) is 4.20. The molecule has 7 heteroatoms. The van der Waals surface area contributed by atoms with Gasteiger partial charge in [0.2, 0.25) is 10.0 Å². The van der Waals surface area contributed by atoms with Crippen molar-refractivity contribution in [2.45, 2.75) is 24.8 Å². The molecule has 19 heavy (non-hydrogen) atoms. The van der Waals surface area contributed by atoms with Crippen molar-refractivity contribution in [2.24, 2.45) is 0 Å². The maximum atomic E-state index is 12.1. The van der Waals surface area contributed by atoms with Gasteiger partial charge in [0, 0.05) is 17.3 Å². The summed E-state index contributed by atoms with van der Waals surface area (Å²) in [6.45, 7) is 2.16. The Kier molecular flexibility index (Phi) is 4.18. The number of hydrogen-bond acceptors (Lipinski definition) is 5. The molecular weight excluding hydrogens is 282 g/mol. The van der Waals surface area contributed by atoms with Crippen LogP contribution < -0.4 is 10.5 Å². The van der Waals surface area contributed by atoms with Gasteiger partial charge in [-0.2, -0.15) is 0 Å². The van der Waals surface area contributed by atoms with Crippen molar-refractivity contribution in [3.8, 4) is 0 Å². The van der Waals surface area contributed by atoms with Gasteiger partial charge in [0.25, 0.3) is 0 Å². The summed E-state index contributed by atoms with van der Waals surface area (Å²) in [5.41, 5.74) is 7.26. The number of nitrogens with one attached hydrogen (secondary N) is 1. The SMILES string of the molecule is CCc1ccc(S(=O)(=O)NCc2nccs2)cc1N. The van der Waals surface area contributed by atoms with E-state index in [1.807, 2.05) is 6.92 Å². The molecule has 0 aliphatic heterocycles. The number of thiazole rings is 1. The van der Waals surface area contributed by atoms with Crippen molar-refractivity contribution in [2.75, 3.05) is 5.73 Å². The molecule has 1 aromatic heterocycles. The van der Waals surface area contributed by atoms with Crippen LogP contribution >= 0.6 is 11.3 Å². The average molecular weight is 297 g/mol. The lowest BCUT2D eigenvalue weighted by Gasteiger charge is -2.08. The summed E-state index contributed by atoms with van der Waals surface area (Å²) < 4.78 is 26.7. The van der Waals surface area contributed by atoms with Crippen LogP contribution in [0, 0.1) is 0 Å². The highest BCUT2D eigenvalue weighted by molar-refractivity contribution is 7.89. The highest BCUT2D eigenvalue weighted by Crippen LogP contribution is 2.18. The van der Waals surface area contributed by atoms with Gasteiger partial charge >= 0.3 is 0 Å². The molecule has 0 aliphatic carbocycles. The summed E-state index contributed by atoms with van der Waals surface area (Å²) >= 11 is 1.41. The number of nitrogens with zero attached hydrogens (tertiary/aromatic N) is 1. The van der Waals surface area contributed by atoms with Crippen LogP contribution in [0.1, 0.15) is 17.5 Å². The van der Waals surface area contributed by atoms with Crippen LogP contribution in [-0.2, 0) is 23.0 Å². The summed E-state index contributed by atoms with van der Waals surface area (Å²) in [6.07, 6.45) is 2.42. The van der Waals surface area contributed by atoms with E-state index in [1.54, 1.807) is 23.7 Å². The number of aromatic nitrogens is 1. The minimum atomic E-state index is -3.55. The zero-order valence-corrected chi connectivity index (χ0v) is 12.1. The van der Waals surface area contributed by atoms with Gasteiger partial charge in [-0.1, -0.05) is 13.0 Å². The molecule has 0 atom stereocenters. The van der Waals surface area contributed by atoms with Crippen LogP contribution in [-0.4, -0.2) is 13.4 Å². The Balaban J connectivity index is 2.17. The number of nitrogen functional groups attached to an aromatic ring is 1. The van der Waals surface area contributed by atoms with E-state index in [2.05, 4.69) is 9.71 Å². The lowest BCUT2D eigenvalue weighted by atomic mass is 10.1. The molecule has 0 saturated heterocycles. The van der Waals surface area contributed by atoms with E-state index in [0.717, 1.165) is 17.0 Å². The topological polar surface area (TPSA) is 85.1 Å². The number of benzene rings is 1. The van der Waals surface area contributed by atoms with Crippen molar-refractivity contribution < 1.29 is 8.42 Å². The summed E-state index contributed by atoms with van der Waals surface area (Å²) in [5, 5.41) is 2.53. The summed E-state index contributed by atoms with van der Waals surface area (Å²) in [6, 6.07) is 4.80. The van der Waals surface area contributed by atoms with Gasteiger partial charge in [0.05, 0.1) is 11.4 Å². The third-order valence-corrected chi connectivity index (χ3v) is 4.88. The number of rotatable bonds is 5. The van der Waals surface area contributed by atoms with E-state index >= 15 is 0 Å². The molecule has 0 unspecified atom stereocenters. The van der Waals surface area contributed by atoms with Crippen LogP contribution in [0.15, 0.2) is 34.7 Å². The molecule has 2 aromatic rings. The third kappa shape index (κ3) is 3.31. The lowest BCUT2D eigenvalue weighted by Crippen LogP contribution is -2.23. The second-order valence-electron chi connectivity index (χ2n) is 3.96. The van der Waals surface area contributed by atoms with Crippen molar-refractivity contribution in [1.82, 2.24) is 9.71 Å². The fourth-order valence-electron chi connectivity index (χ4n) is 1.64. The zero-order chi connectivity index (χ0) is 13.9. The van der Waals surface area contributed by atoms with Gasteiger partial charge in [0.1, 0.15) is 5.01 Å². The first-order valence-electron chi connectivity index (χ1n) is 5.79. The number of hydrogen-bond donors (Lipinski definition) is 2. The molecule has 0 aliphatic rings. The van der Waals surface area contributed by atoms with E-state index in [-0.39, 0.29) is 11.4 Å². The molecule has 0 radical (unpaired) electrons. The highest BCUT2D eigenvalue weighted by atomic mass is 32.2. The van der Waals surface area contributed by atoms with Crippen LogP contribution in [0.25, 0.3) is 0 Å². The molecule has 0 amide bonds. The maximum absolute atomic E-state index is 12.1. The number of sulfonamides is 1. The van der Waals surface area contributed by atoms with Gasteiger partial charge in [-0.15, -0.1) is 11.3 Å². The Hall–Kier alpha value is -1.44. The van der Waals surface area contributed by atoms with Gasteiger partial charge in [0.15, 0.2) is 0 Å². The minimum absolute atomic E-state index is 0.179. The van der Waals surface area contributed by atoms with Gasteiger partial charge in [-0.3, -0.25) is 0 Å². The Morgan fingerprint density at radius 2 is 2.21 bits per heavy atom. The normalized spacial score (nSPS) is 11.6. The van der Waals surface area contributed by atoms with Gasteiger partial charge < -0.3 is 5.73 Å². The lowest BCUT2D eigenvalue weighted by molar-refractivity contribution is 0.581. The Morgan fingerprint density at radius 3 is 2.79 bits per heavy atom. The Labute approximate surface area is 116 Å². The average Bonchev–Trinajstić information content (AvgIpc) is 2.89. The second kappa shape index (κ2) is 5.68. The molecule has 0 spiro atoms. The molecule has 0 saturated carbocycles. The van der Waals surface area contributed by atoms with Crippen LogP contribution in [0.3, 0.4) is 0 Å². The first kappa shape index (κ1) is 14.0. The third-order valence-electron chi connectivity index (χ3n) is 2.71. The van der Waals surface area contributed by atoms with E-state index in [9.17, 15) is 8.42 Å². The van der Waals surface area contributed by atoms with E-state index < -0.39 is 10.0 Å². The molecule has 102 valence electrons. The van der Waals surface area contributed by atoms with E-state index in [1.165, 1.54) is 17.4 Å². The first-order chi connectivity index (χ1) is 9.03. The quantitative estimate of drug-likeness (QED) is 0.824. The molecule has 5 nitrogen and oxygen atoms in total. The largest absolute Gasteiger partial charge is 0.398 e. The minimum Gasteiger partial charge on any atom is -0.398 e. The standard InChI is InChI=1S/C12H15N3O2S2/c1-2-9-3-4-10(7-11(9)13)19(16,17)15-8-12-14-5-6-18-12/h3-7,15H,2,8,13H2,1H3. The monoisotopic (exact) mass is 297 g/mol. The molecule has 1 heterocycles. The van der Waals surface area contributed by atoms with Crippen molar-refractivity contribution in [3.05, 3.63) is 40.3 Å². The van der Waals surface area contributed by atoms with Crippen LogP contribution in [0.2, 0.25) is 0 Å². The molecule has 0 bridgehead atoms. The van der Waals surface area contributed by atoms with Gasteiger partial charge in [-0.25, -0.2) is 18.1 Å². The molecule has 0 fully saturated rings. The Bertz CT molecular complexity index is 652. The second-order valence-corrected chi connectivity index (χ2v) is 6.71. The highest BCUT2D eigenvalue weighted by Gasteiger charge is 2.15. The summed E-state index contributed by atoms with van der Waals surface area (Å²) in [5.74, 6) is 0. The van der Waals surface area contributed by atoms with Crippen molar-refractivity contribution >= 4 is 27.0 Å². The van der Waals surface area contributed by atoms with E-state index in [4.69, 9.17) is 5.73 Å². The fourth-order valence-corrected chi connectivity index (χ4v) is 3.31. The van der Waals surface area contributed by atoms with Gasteiger partial charge in [-0.05, 0) is 24.1 Å². The summed E-state index contributed by atoms with van der Waals surface area (Å²) in [7, 11) is -3.55. The molecule has 2 rings (SSSR count). The van der Waals surface area contributed by atoms with Crippen LogP contribution in [0.4, 0.5) is 5.69 Å². The predicted molar refractivity (Wildman–Crippen MR) is 76.4 cm³/mol. The van der Waals surface area contributed by atoms with Crippen molar-refractivity contribution in [3.63, 3.8) is 0 Å². The number of anilines is 1. The van der Waals surface area contributed by atoms with E-state index in [0.29, 0.717) is 5.69 Å². The number of aryl methyl sites for hydroxylation is 1. The zero-order valence-electron chi connectivity index (χ0n) is 10.5. The first-order valence-corrected chi connectivity index (χ1v) is 8.15. The molecule has 1 aromatic carbocycles. The predicted octanol–water partition coefficient (Wildman–Crippen LogP) is 1.77. The molecule has 3 N–H and O–H groups in total.